The third-order valence-electron chi connectivity index (χ3n) is 4.98. The molecule has 0 radical (unpaired) electrons. The van der Waals surface area contributed by atoms with Gasteiger partial charge in [-0.15, -0.1) is 0 Å². The number of likely N-dealkylation sites (tertiary alicyclic amines) is 1. The number of rotatable bonds is 5. The summed E-state index contributed by atoms with van der Waals surface area (Å²) in [6, 6.07) is 7.04. The molecular formula is C19H21N5O3. The maximum Gasteiger partial charge on any atom is 0.330 e. The highest BCUT2D eigenvalue weighted by Crippen LogP contribution is 2.25. The number of methoxy groups -OCH3 is 1. The Balaban J connectivity index is 1.65. The molecule has 0 aromatic carbocycles. The number of amides is 1. The van der Waals surface area contributed by atoms with Crippen LogP contribution in [-0.2, 0) is 11.3 Å². The van der Waals surface area contributed by atoms with Gasteiger partial charge in [0, 0.05) is 44.4 Å². The zero-order valence-electron chi connectivity index (χ0n) is 15.1. The van der Waals surface area contributed by atoms with Gasteiger partial charge in [-0.05, 0) is 30.7 Å². The Bertz CT molecular complexity index is 1010. The lowest BCUT2D eigenvalue weighted by atomic mass is 10.2. The van der Waals surface area contributed by atoms with Gasteiger partial charge in [-0.1, -0.05) is 0 Å². The molecule has 0 unspecified atom stereocenters. The van der Waals surface area contributed by atoms with Crippen LogP contribution in [0.4, 0.5) is 0 Å². The van der Waals surface area contributed by atoms with Gasteiger partial charge in [0.05, 0.1) is 24.7 Å². The molecule has 140 valence electrons. The van der Waals surface area contributed by atoms with Crippen molar-refractivity contribution >= 4 is 17.1 Å². The van der Waals surface area contributed by atoms with Crippen molar-refractivity contribution in [1.29, 1.82) is 0 Å². The van der Waals surface area contributed by atoms with Crippen molar-refractivity contribution in [2.45, 2.75) is 19.0 Å². The summed E-state index contributed by atoms with van der Waals surface area (Å²) < 4.78 is 8.56. The van der Waals surface area contributed by atoms with Crippen LogP contribution in [0.15, 0.2) is 47.7 Å². The molecule has 1 aliphatic rings. The smallest absolute Gasteiger partial charge is 0.330 e. The average Bonchev–Trinajstić information content (AvgIpc) is 3.29. The first-order valence-corrected chi connectivity index (χ1v) is 8.94. The number of carbonyl (C=O) groups excluding carboxylic acids is 1. The fourth-order valence-electron chi connectivity index (χ4n) is 3.65. The summed E-state index contributed by atoms with van der Waals surface area (Å²) in [5, 5.41) is 0. The minimum atomic E-state index is -0.107. The molecule has 0 aliphatic carbocycles. The molecule has 1 saturated heterocycles. The van der Waals surface area contributed by atoms with Crippen LogP contribution in [-0.4, -0.2) is 56.7 Å². The zero-order valence-corrected chi connectivity index (χ0v) is 15.1. The van der Waals surface area contributed by atoms with E-state index in [0.29, 0.717) is 37.5 Å². The van der Waals surface area contributed by atoms with E-state index in [2.05, 4.69) is 9.97 Å². The Morgan fingerprint density at radius 3 is 2.85 bits per heavy atom. The molecule has 1 aliphatic heterocycles. The Morgan fingerprint density at radius 2 is 2.07 bits per heavy atom. The van der Waals surface area contributed by atoms with Crippen LogP contribution in [0.2, 0.25) is 0 Å². The maximum atomic E-state index is 13.0. The first-order chi connectivity index (χ1) is 13.2. The molecule has 0 bridgehead atoms. The van der Waals surface area contributed by atoms with Crippen LogP contribution >= 0.6 is 0 Å². The fourth-order valence-corrected chi connectivity index (χ4v) is 3.65. The molecule has 3 aromatic heterocycles. The summed E-state index contributed by atoms with van der Waals surface area (Å²) in [6.45, 7) is 2.01. The van der Waals surface area contributed by atoms with Crippen molar-refractivity contribution in [2.75, 3.05) is 26.8 Å². The van der Waals surface area contributed by atoms with E-state index in [1.807, 2.05) is 12.1 Å². The van der Waals surface area contributed by atoms with Gasteiger partial charge in [-0.25, -0.2) is 9.78 Å². The number of pyridine rings is 2. The SMILES string of the molecule is COCCn1c(=O)n([C@@H]2CCN(C(=O)c3ccncc3)C2)c2ncccc21. The van der Waals surface area contributed by atoms with Gasteiger partial charge >= 0.3 is 5.69 Å². The molecule has 4 rings (SSSR count). The number of ether oxygens (including phenoxy) is 1. The normalized spacial score (nSPS) is 16.9. The lowest BCUT2D eigenvalue weighted by molar-refractivity contribution is 0.0787. The maximum absolute atomic E-state index is 13.0. The molecule has 0 saturated carbocycles. The molecular weight excluding hydrogens is 346 g/mol. The second-order valence-electron chi connectivity index (χ2n) is 6.57. The lowest BCUT2D eigenvalue weighted by Gasteiger charge is -2.17. The third kappa shape index (κ3) is 3.12. The van der Waals surface area contributed by atoms with Crippen LogP contribution in [0.3, 0.4) is 0 Å². The summed E-state index contributed by atoms with van der Waals surface area (Å²) >= 11 is 0. The molecule has 27 heavy (non-hydrogen) atoms. The molecule has 1 atom stereocenters. The molecule has 3 aromatic rings. The van der Waals surface area contributed by atoms with Crippen LogP contribution in [0.1, 0.15) is 22.8 Å². The zero-order chi connectivity index (χ0) is 18.8. The van der Waals surface area contributed by atoms with Gasteiger partial charge in [-0.3, -0.25) is 18.9 Å². The van der Waals surface area contributed by atoms with Gasteiger partial charge in [-0.2, -0.15) is 0 Å². The van der Waals surface area contributed by atoms with E-state index >= 15 is 0 Å². The van der Waals surface area contributed by atoms with Gasteiger partial charge in [0.1, 0.15) is 0 Å². The number of hydrogen-bond acceptors (Lipinski definition) is 5. The standard InChI is InChI=1S/C19H21N5O3/c1-27-12-11-23-16-3-2-7-21-17(16)24(19(23)26)15-6-10-22(13-15)18(25)14-4-8-20-9-5-14/h2-5,7-9,15H,6,10-13H2,1H3/t15-/m1/s1. The van der Waals surface area contributed by atoms with E-state index in [1.54, 1.807) is 51.9 Å². The van der Waals surface area contributed by atoms with E-state index in [0.717, 1.165) is 11.9 Å². The van der Waals surface area contributed by atoms with Crippen LogP contribution in [0.25, 0.3) is 11.2 Å². The number of aromatic nitrogens is 4. The Kier molecular flexibility index (Phi) is 4.72. The predicted molar refractivity (Wildman–Crippen MR) is 99.7 cm³/mol. The highest BCUT2D eigenvalue weighted by atomic mass is 16.5. The van der Waals surface area contributed by atoms with E-state index in [4.69, 9.17) is 4.74 Å². The minimum Gasteiger partial charge on any atom is -0.383 e. The number of imidazole rings is 1. The highest BCUT2D eigenvalue weighted by molar-refractivity contribution is 5.94. The number of nitrogens with zero attached hydrogens (tertiary/aromatic N) is 5. The van der Waals surface area contributed by atoms with Crippen molar-refractivity contribution in [3.05, 3.63) is 58.9 Å². The fraction of sp³-hybridized carbons (Fsp3) is 0.368. The van der Waals surface area contributed by atoms with Gasteiger partial charge in [0.2, 0.25) is 0 Å². The van der Waals surface area contributed by atoms with E-state index in [9.17, 15) is 9.59 Å². The van der Waals surface area contributed by atoms with Gasteiger partial charge in [0.15, 0.2) is 5.65 Å². The van der Waals surface area contributed by atoms with Crippen molar-refractivity contribution in [3.8, 4) is 0 Å². The quantitative estimate of drug-likeness (QED) is 0.679. The summed E-state index contributed by atoms with van der Waals surface area (Å²) in [5.74, 6) is -0.0379. The van der Waals surface area contributed by atoms with Crippen molar-refractivity contribution in [3.63, 3.8) is 0 Å². The van der Waals surface area contributed by atoms with Crippen LogP contribution < -0.4 is 5.69 Å². The Morgan fingerprint density at radius 1 is 1.26 bits per heavy atom. The van der Waals surface area contributed by atoms with E-state index in [-0.39, 0.29) is 17.6 Å². The first kappa shape index (κ1) is 17.4. The molecule has 1 amide bonds. The van der Waals surface area contributed by atoms with E-state index < -0.39 is 0 Å². The largest absolute Gasteiger partial charge is 0.383 e. The molecule has 1 fully saturated rings. The molecule has 4 heterocycles. The molecule has 8 nitrogen and oxygen atoms in total. The minimum absolute atomic E-state index is 0.0379. The van der Waals surface area contributed by atoms with Crippen molar-refractivity contribution in [2.24, 2.45) is 0 Å². The average molecular weight is 367 g/mol. The second-order valence-corrected chi connectivity index (χ2v) is 6.57. The van der Waals surface area contributed by atoms with Crippen LogP contribution in [0, 0.1) is 0 Å². The molecule has 0 N–H and O–H groups in total. The van der Waals surface area contributed by atoms with Gasteiger partial charge < -0.3 is 9.64 Å². The van der Waals surface area contributed by atoms with E-state index in [1.165, 1.54) is 0 Å². The Labute approximate surface area is 156 Å². The number of hydrogen-bond donors (Lipinski definition) is 0. The molecule has 0 spiro atoms. The summed E-state index contributed by atoms with van der Waals surface area (Å²) in [4.78, 5) is 35.9. The first-order valence-electron chi connectivity index (χ1n) is 8.94. The second kappa shape index (κ2) is 7.32. The van der Waals surface area contributed by atoms with Gasteiger partial charge in [0.25, 0.3) is 5.91 Å². The van der Waals surface area contributed by atoms with Crippen molar-refractivity contribution in [1.82, 2.24) is 24.0 Å². The highest BCUT2D eigenvalue weighted by Gasteiger charge is 2.31. The predicted octanol–water partition coefficient (Wildman–Crippen LogP) is 1.33. The number of fused-ring (bicyclic) bond motifs is 1. The Hall–Kier alpha value is -3.00. The number of carbonyl (C=O) groups is 1. The summed E-state index contributed by atoms with van der Waals surface area (Å²) in [6.07, 6.45) is 5.63. The summed E-state index contributed by atoms with van der Waals surface area (Å²) in [7, 11) is 1.61. The van der Waals surface area contributed by atoms with Crippen molar-refractivity contribution < 1.29 is 9.53 Å². The monoisotopic (exact) mass is 367 g/mol. The topological polar surface area (TPSA) is 82.2 Å². The van der Waals surface area contributed by atoms with Crippen LogP contribution in [0.5, 0.6) is 0 Å². The third-order valence-corrected chi connectivity index (χ3v) is 4.98. The molecule has 8 heteroatoms. The lowest BCUT2D eigenvalue weighted by Crippen LogP contribution is -2.32. The summed E-state index contributed by atoms with van der Waals surface area (Å²) in [5.41, 5.74) is 1.95.